The lowest BCUT2D eigenvalue weighted by Crippen LogP contribution is -3.14. The Morgan fingerprint density at radius 3 is 2.72 bits per heavy atom. The highest BCUT2D eigenvalue weighted by atomic mass is 79.9. The van der Waals surface area contributed by atoms with E-state index in [9.17, 15) is 4.79 Å². The van der Waals surface area contributed by atoms with Crippen molar-refractivity contribution >= 4 is 28.1 Å². The van der Waals surface area contributed by atoms with Gasteiger partial charge in [0.15, 0.2) is 0 Å². The van der Waals surface area contributed by atoms with E-state index < -0.39 is 0 Å². The van der Waals surface area contributed by atoms with Gasteiger partial charge in [-0.15, -0.1) is 0 Å². The van der Waals surface area contributed by atoms with Crippen LogP contribution in [-0.4, -0.2) is 45.0 Å². The first kappa shape index (κ1) is 17.8. The van der Waals surface area contributed by atoms with Gasteiger partial charge < -0.3 is 14.1 Å². The lowest BCUT2D eigenvalue weighted by molar-refractivity contribution is -0.907. The van der Waals surface area contributed by atoms with Crippen LogP contribution in [0, 0.1) is 0 Å². The fraction of sp³-hybridized carbons (Fsp3) is 0.333. The number of quaternary nitrogens is 1. The van der Waals surface area contributed by atoms with Crippen molar-refractivity contribution in [3.63, 3.8) is 0 Å². The van der Waals surface area contributed by atoms with Crippen LogP contribution in [0.3, 0.4) is 0 Å². The van der Waals surface area contributed by atoms with Crippen LogP contribution >= 0.6 is 15.9 Å². The number of hydrogen-bond acceptors (Lipinski definition) is 4. The van der Waals surface area contributed by atoms with Gasteiger partial charge >= 0.3 is 0 Å². The molecule has 1 aromatic heterocycles. The van der Waals surface area contributed by atoms with E-state index in [1.807, 2.05) is 36.4 Å². The molecule has 1 saturated heterocycles. The van der Waals surface area contributed by atoms with Crippen molar-refractivity contribution in [2.45, 2.75) is 6.42 Å². The van der Waals surface area contributed by atoms with Gasteiger partial charge in [-0.2, -0.15) is 5.10 Å². The molecule has 0 atom stereocenters. The number of halogens is 1. The van der Waals surface area contributed by atoms with Crippen molar-refractivity contribution in [1.82, 2.24) is 5.43 Å². The van der Waals surface area contributed by atoms with E-state index >= 15 is 0 Å². The molecule has 1 fully saturated rings. The van der Waals surface area contributed by atoms with Crippen LogP contribution in [0.25, 0.3) is 11.3 Å². The number of benzene rings is 1. The van der Waals surface area contributed by atoms with Crippen molar-refractivity contribution in [3.05, 3.63) is 46.6 Å². The fourth-order valence-corrected chi connectivity index (χ4v) is 2.88. The molecule has 25 heavy (non-hydrogen) atoms. The summed E-state index contributed by atoms with van der Waals surface area (Å²) in [6.07, 6.45) is 1.97. The van der Waals surface area contributed by atoms with E-state index in [2.05, 4.69) is 26.5 Å². The maximum atomic E-state index is 11.8. The fourth-order valence-electron chi connectivity index (χ4n) is 2.62. The molecule has 1 amide bonds. The van der Waals surface area contributed by atoms with E-state index in [-0.39, 0.29) is 5.91 Å². The molecule has 0 bridgehead atoms. The van der Waals surface area contributed by atoms with E-state index in [0.29, 0.717) is 12.2 Å². The molecule has 7 heteroatoms. The van der Waals surface area contributed by atoms with Crippen molar-refractivity contribution in [1.29, 1.82) is 0 Å². The standard InChI is InChI=1S/C18H20BrN3O3/c19-15-3-1-14(2-4-15)17-6-5-16(25-17)13-20-21-18(23)7-8-22-9-11-24-12-10-22/h1-6,13H,7-12H2,(H,21,23)/p+1/b20-13-. The molecule has 2 aromatic rings. The molecule has 2 N–H and O–H groups in total. The second-order valence-corrected chi connectivity index (χ2v) is 6.78. The Kier molecular flexibility index (Phi) is 6.38. The van der Waals surface area contributed by atoms with E-state index in [1.165, 1.54) is 11.1 Å². The molecular weight excluding hydrogens is 386 g/mol. The smallest absolute Gasteiger partial charge is 0.245 e. The van der Waals surface area contributed by atoms with Crippen molar-refractivity contribution < 1.29 is 18.8 Å². The van der Waals surface area contributed by atoms with Crippen molar-refractivity contribution in [3.8, 4) is 11.3 Å². The van der Waals surface area contributed by atoms with Crippen LogP contribution in [0.2, 0.25) is 0 Å². The van der Waals surface area contributed by atoms with Gasteiger partial charge in [0.05, 0.1) is 32.4 Å². The van der Waals surface area contributed by atoms with Crippen LogP contribution in [0.1, 0.15) is 12.2 Å². The minimum Gasteiger partial charge on any atom is -0.455 e. The number of carbonyl (C=O) groups excluding carboxylic acids is 1. The third-order valence-electron chi connectivity index (χ3n) is 4.04. The first-order valence-electron chi connectivity index (χ1n) is 8.30. The Balaban J connectivity index is 1.45. The molecule has 3 rings (SSSR count). The summed E-state index contributed by atoms with van der Waals surface area (Å²) in [5.74, 6) is 1.27. The molecule has 0 aliphatic carbocycles. The lowest BCUT2D eigenvalue weighted by atomic mass is 10.2. The number of carbonyl (C=O) groups is 1. The molecule has 0 saturated carbocycles. The molecule has 0 radical (unpaired) electrons. The molecule has 2 heterocycles. The molecular formula is C18H21BrN3O3+. The topological polar surface area (TPSA) is 68.3 Å². The highest BCUT2D eigenvalue weighted by Crippen LogP contribution is 2.23. The van der Waals surface area contributed by atoms with Gasteiger partial charge in [-0.3, -0.25) is 4.79 Å². The Bertz CT molecular complexity index is 721. The highest BCUT2D eigenvalue weighted by Gasteiger charge is 2.14. The minimum absolute atomic E-state index is 0.0880. The Morgan fingerprint density at radius 1 is 1.20 bits per heavy atom. The average molecular weight is 407 g/mol. The van der Waals surface area contributed by atoms with E-state index in [4.69, 9.17) is 9.15 Å². The predicted molar refractivity (Wildman–Crippen MR) is 98.6 cm³/mol. The lowest BCUT2D eigenvalue weighted by Gasteiger charge is -2.23. The van der Waals surface area contributed by atoms with E-state index in [0.717, 1.165) is 48.6 Å². The maximum absolute atomic E-state index is 11.8. The first-order chi connectivity index (χ1) is 12.2. The zero-order valence-electron chi connectivity index (χ0n) is 13.8. The van der Waals surface area contributed by atoms with E-state index in [1.54, 1.807) is 0 Å². The highest BCUT2D eigenvalue weighted by molar-refractivity contribution is 9.10. The van der Waals surface area contributed by atoms with Gasteiger partial charge in [0, 0.05) is 10.0 Å². The van der Waals surface area contributed by atoms with Gasteiger partial charge in [0.2, 0.25) is 5.91 Å². The Labute approximate surface area is 155 Å². The summed E-state index contributed by atoms with van der Waals surface area (Å²) >= 11 is 3.41. The summed E-state index contributed by atoms with van der Waals surface area (Å²) in [4.78, 5) is 13.2. The van der Waals surface area contributed by atoms with Gasteiger partial charge in [0.1, 0.15) is 24.6 Å². The number of ether oxygens (including phenoxy) is 1. The third kappa shape index (κ3) is 5.52. The van der Waals surface area contributed by atoms with Crippen LogP contribution in [0.5, 0.6) is 0 Å². The first-order valence-corrected chi connectivity index (χ1v) is 9.09. The summed E-state index contributed by atoms with van der Waals surface area (Å²) in [7, 11) is 0. The van der Waals surface area contributed by atoms with Crippen LogP contribution < -0.4 is 10.3 Å². The number of amides is 1. The molecule has 0 unspecified atom stereocenters. The molecule has 132 valence electrons. The minimum atomic E-state index is -0.0880. The number of hydrogen-bond donors (Lipinski definition) is 2. The quantitative estimate of drug-likeness (QED) is 0.563. The van der Waals surface area contributed by atoms with Crippen LogP contribution in [0.4, 0.5) is 0 Å². The molecule has 0 spiro atoms. The second kappa shape index (κ2) is 8.94. The third-order valence-corrected chi connectivity index (χ3v) is 4.57. The zero-order valence-corrected chi connectivity index (χ0v) is 15.4. The molecule has 1 aliphatic rings. The Hall–Kier alpha value is -1.96. The Morgan fingerprint density at radius 2 is 1.96 bits per heavy atom. The molecule has 1 aromatic carbocycles. The number of nitrogens with zero attached hydrogens (tertiary/aromatic N) is 1. The summed E-state index contributed by atoms with van der Waals surface area (Å²) < 4.78 is 12.0. The largest absolute Gasteiger partial charge is 0.455 e. The summed E-state index contributed by atoms with van der Waals surface area (Å²) in [5.41, 5.74) is 3.53. The van der Waals surface area contributed by atoms with Gasteiger partial charge in [0.25, 0.3) is 0 Å². The summed E-state index contributed by atoms with van der Waals surface area (Å²) in [6, 6.07) is 11.6. The zero-order chi connectivity index (χ0) is 17.5. The number of furan rings is 1. The maximum Gasteiger partial charge on any atom is 0.245 e. The predicted octanol–water partition coefficient (Wildman–Crippen LogP) is 1.46. The monoisotopic (exact) mass is 406 g/mol. The average Bonchev–Trinajstić information content (AvgIpc) is 3.10. The van der Waals surface area contributed by atoms with Crippen LogP contribution in [-0.2, 0) is 9.53 Å². The van der Waals surface area contributed by atoms with Gasteiger partial charge in [-0.25, -0.2) is 5.43 Å². The van der Waals surface area contributed by atoms with Gasteiger partial charge in [-0.05, 0) is 24.3 Å². The number of rotatable bonds is 6. The SMILES string of the molecule is O=C(CC[NH+]1CCOCC1)N/N=C\c1ccc(-c2ccc(Br)cc2)o1. The number of morpholine rings is 1. The normalized spacial score (nSPS) is 15.6. The van der Waals surface area contributed by atoms with Crippen molar-refractivity contribution in [2.75, 3.05) is 32.8 Å². The molecule has 6 nitrogen and oxygen atoms in total. The number of nitrogens with one attached hydrogen (secondary N) is 2. The van der Waals surface area contributed by atoms with Crippen LogP contribution in [0.15, 0.2) is 50.4 Å². The number of hydrazone groups is 1. The van der Waals surface area contributed by atoms with Gasteiger partial charge in [-0.1, -0.05) is 28.1 Å². The summed E-state index contributed by atoms with van der Waals surface area (Å²) in [6.45, 7) is 4.27. The van der Waals surface area contributed by atoms with Crippen molar-refractivity contribution in [2.24, 2.45) is 5.10 Å². The summed E-state index contributed by atoms with van der Waals surface area (Å²) in [5, 5.41) is 3.97. The second-order valence-electron chi connectivity index (χ2n) is 5.86. The molecule has 1 aliphatic heterocycles.